The zero-order chi connectivity index (χ0) is 14.4. The molecule has 1 saturated heterocycles. The molecule has 1 aliphatic heterocycles. The maximum atomic E-state index is 9.60. The molecule has 3 atom stereocenters. The van der Waals surface area contributed by atoms with E-state index in [0.29, 0.717) is 18.1 Å². The van der Waals surface area contributed by atoms with Crippen molar-refractivity contribution in [1.29, 1.82) is 0 Å². The van der Waals surface area contributed by atoms with E-state index in [9.17, 15) is 5.11 Å². The zero-order valence-corrected chi connectivity index (χ0v) is 12.6. The summed E-state index contributed by atoms with van der Waals surface area (Å²) >= 11 is 0. The van der Waals surface area contributed by atoms with Crippen molar-refractivity contribution in [3.8, 4) is 0 Å². The molecule has 0 saturated carbocycles. The monoisotopic (exact) mass is 277 g/mol. The summed E-state index contributed by atoms with van der Waals surface area (Å²) in [4.78, 5) is 0. The lowest BCUT2D eigenvalue weighted by Gasteiger charge is -2.34. The van der Waals surface area contributed by atoms with E-state index in [0.717, 1.165) is 25.9 Å². The Morgan fingerprint density at radius 3 is 2.70 bits per heavy atom. The minimum Gasteiger partial charge on any atom is -0.395 e. The molecule has 0 aliphatic carbocycles. The Bertz CT molecular complexity index is 380. The van der Waals surface area contributed by atoms with E-state index in [4.69, 9.17) is 4.74 Å². The molecule has 112 valence electrons. The lowest BCUT2D eigenvalue weighted by molar-refractivity contribution is -0.0268. The van der Waals surface area contributed by atoms with Gasteiger partial charge in [0.2, 0.25) is 0 Å². The van der Waals surface area contributed by atoms with Gasteiger partial charge < -0.3 is 15.2 Å². The van der Waals surface area contributed by atoms with Crippen LogP contribution in [-0.4, -0.2) is 36.5 Å². The van der Waals surface area contributed by atoms with Gasteiger partial charge in [-0.15, -0.1) is 0 Å². The molecule has 2 unspecified atom stereocenters. The van der Waals surface area contributed by atoms with E-state index in [-0.39, 0.29) is 12.6 Å². The van der Waals surface area contributed by atoms with Gasteiger partial charge in [0.15, 0.2) is 0 Å². The molecular formula is C17H27NO2. The second-order valence-electron chi connectivity index (χ2n) is 6.11. The van der Waals surface area contributed by atoms with E-state index in [2.05, 4.69) is 31.3 Å². The van der Waals surface area contributed by atoms with Crippen LogP contribution in [0.1, 0.15) is 32.3 Å². The van der Waals surface area contributed by atoms with Crippen molar-refractivity contribution in [2.45, 2.75) is 51.3 Å². The van der Waals surface area contributed by atoms with E-state index in [1.807, 2.05) is 18.2 Å². The molecule has 3 nitrogen and oxygen atoms in total. The van der Waals surface area contributed by atoms with Crippen molar-refractivity contribution in [3.63, 3.8) is 0 Å². The van der Waals surface area contributed by atoms with Crippen LogP contribution in [0, 0.1) is 5.92 Å². The number of ether oxygens (including phenoxy) is 1. The molecule has 1 aliphatic rings. The van der Waals surface area contributed by atoms with Crippen molar-refractivity contribution >= 4 is 0 Å². The Hall–Kier alpha value is -0.900. The summed E-state index contributed by atoms with van der Waals surface area (Å²) in [6.07, 6.45) is 3.30. The number of aliphatic hydroxyl groups excluding tert-OH is 1. The van der Waals surface area contributed by atoms with Gasteiger partial charge in [-0.05, 0) is 30.7 Å². The van der Waals surface area contributed by atoms with E-state index >= 15 is 0 Å². The third-order valence-electron chi connectivity index (χ3n) is 4.08. The number of rotatable bonds is 6. The van der Waals surface area contributed by atoms with Crippen LogP contribution in [0.3, 0.4) is 0 Å². The summed E-state index contributed by atoms with van der Waals surface area (Å²) in [5, 5.41) is 13.2. The second kappa shape index (κ2) is 7.77. The smallest absolute Gasteiger partial charge is 0.0612 e. The Morgan fingerprint density at radius 2 is 2.05 bits per heavy atom. The minimum atomic E-state index is 0.133. The largest absolute Gasteiger partial charge is 0.395 e. The first-order valence-electron chi connectivity index (χ1n) is 7.71. The Morgan fingerprint density at radius 1 is 1.30 bits per heavy atom. The first kappa shape index (κ1) is 15.5. The molecule has 2 N–H and O–H groups in total. The van der Waals surface area contributed by atoms with E-state index < -0.39 is 0 Å². The molecule has 0 spiro atoms. The average molecular weight is 277 g/mol. The molecule has 1 aromatic rings. The van der Waals surface area contributed by atoms with Crippen molar-refractivity contribution in [2.75, 3.05) is 13.2 Å². The van der Waals surface area contributed by atoms with Crippen LogP contribution in [-0.2, 0) is 11.2 Å². The maximum Gasteiger partial charge on any atom is 0.0612 e. The fourth-order valence-corrected chi connectivity index (χ4v) is 2.85. The highest BCUT2D eigenvalue weighted by Crippen LogP contribution is 2.20. The molecule has 1 heterocycles. The summed E-state index contributed by atoms with van der Waals surface area (Å²) in [7, 11) is 0. The van der Waals surface area contributed by atoms with Gasteiger partial charge in [-0.25, -0.2) is 0 Å². The normalized spacial score (nSPS) is 24.8. The summed E-state index contributed by atoms with van der Waals surface area (Å²) in [5.41, 5.74) is 1.27. The van der Waals surface area contributed by atoms with Crippen LogP contribution in [0.2, 0.25) is 0 Å². The molecule has 0 amide bonds. The van der Waals surface area contributed by atoms with Crippen molar-refractivity contribution in [3.05, 3.63) is 35.9 Å². The Balaban J connectivity index is 1.86. The number of benzene rings is 1. The van der Waals surface area contributed by atoms with Gasteiger partial charge in [0.25, 0.3) is 0 Å². The predicted octanol–water partition coefficient (Wildman–Crippen LogP) is 2.38. The molecule has 3 heteroatoms. The summed E-state index contributed by atoms with van der Waals surface area (Å²) < 4.78 is 5.80. The van der Waals surface area contributed by atoms with Gasteiger partial charge in [0.05, 0.1) is 12.7 Å². The molecule has 0 aromatic heterocycles. The van der Waals surface area contributed by atoms with Gasteiger partial charge >= 0.3 is 0 Å². The van der Waals surface area contributed by atoms with Crippen molar-refractivity contribution in [2.24, 2.45) is 5.92 Å². The zero-order valence-electron chi connectivity index (χ0n) is 12.6. The highest BCUT2D eigenvalue weighted by molar-refractivity contribution is 5.16. The highest BCUT2D eigenvalue weighted by Gasteiger charge is 2.26. The Labute approximate surface area is 122 Å². The average Bonchev–Trinajstić information content (AvgIpc) is 2.48. The maximum absolute atomic E-state index is 9.60. The lowest BCUT2D eigenvalue weighted by Crippen LogP contribution is -2.47. The number of nitrogens with one attached hydrogen (secondary N) is 1. The van der Waals surface area contributed by atoms with Crippen LogP contribution >= 0.6 is 0 Å². The lowest BCUT2D eigenvalue weighted by atomic mass is 9.94. The predicted molar refractivity (Wildman–Crippen MR) is 81.8 cm³/mol. The molecular weight excluding hydrogens is 250 g/mol. The molecule has 1 fully saturated rings. The van der Waals surface area contributed by atoms with Crippen LogP contribution in [0.4, 0.5) is 0 Å². The van der Waals surface area contributed by atoms with Crippen LogP contribution < -0.4 is 5.32 Å². The third kappa shape index (κ3) is 4.58. The highest BCUT2D eigenvalue weighted by atomic mass is 16.5. The standard InChI is InChI=1S/C17H27NO2/c1-13(2)17-11-15(8-9-20-17)18-16(12-19)10-14-6-4-3-5-7-14/h3-7,13,15-19H,8-12H2,1-2H3/t15?,16-,17?/m1/s1. The fourth-order valence-electron chi connectivity index (χ4n) is 2.85. The van der Waals surface area contributed by atoms with Gasteiger partial charge in [-0.1, -0.05) is 44.2 Å². The van der Waals surface area contributed by atoms with Crippen LogP contribution in [0.25, 0.3) is 0 Å². The van der Waals surface area contributed by atoms with E-state index in [1.54, 1.807) is 0 Å². The molecule has 0 bridgehead atoms. The van der Waals surface area contributed by atoms with Gasteiger partial charge in [0.1, 0.15) is 0 Å². The second-order valence-corrected chi connectivity index (χ2v) is 6.11. The Kier molecular flexibility index (Phi) is 6.02. The minimum absolute atomic E-state index is 0.133. The molecule has 1 aromatic carbocycles. The summed E-state index contributed by atoms with van der Waals surface area (Å²) in [6.45, 7) is 5.42. The van der Waals surface area contributed by atoms with Crippen LogP contribution in [0.15, 0.2) is 30.3 Å². The SMILES string of the molecule is CC(C)C1CC(N[C@@H](CO)Cc2ccccc2)CCO1. The molecule has 0 radical (unpaired) electrons. The van der Waals surface area contributed by atoms with E-state index in [1.165, 1.54) is 5.56 Å². The topological polar surface area (TPSA) is 41.5 Å². The number of aliphatic hydroxyl groups is 1. The van der Waals surface area contributed by atoms with Crippen molar-refractivity contribution in [1.82, 2.24) is 5.32 Å². The molecule has 20 heavy (non-hydrogen) atoms. The first-order valence-corrected chi connectivity index (χ1v) is 7.71. The quantitative estimate of drug-likeness (QED) is 0.839. The third-order valence-corrected chi connectivity index (χ3v) is 4.08. The van der Waals surface area contributed by atoms with Gasteiger partial charge in [0, 0.05) is 18.7 Å². The number of hydrogen-bond acceptors (Lipinski definition) is 3. The first-order chi connectivity index (χ1) is 9.69. The van der Waals surface area contributed by atoms with Crippen LogP contribution in [0.5, 0.6) is 0 Å². The van der Waals surface area contributed by atoms with Crippen molar-refractivity contribution < 1.29 is 9.84 Å². The summed E-state index contributed by atoms with van der Waals surface area (Å²) in [6, 6.07) is 10.9. The summed E-state index contributed by atoms with van der Waals surface area (Å²) in [5.74, 6) is 0.557. The fraction of sp³-hybridized carbons (Fsp3) is 0.647. The molecule has 2 rings (SSSR count). The number of hydrogen-bond donors (Lipinski definition) is 2. The van der Waals surface area contributed by atoms with Gasteiger partial charge in [-0.2, -0.15) is 0 Å². The van der Waals surface area contributed by atoms with Gasteiger partial charge in [-0.3, -0.25) is 0 Å².